The average Bonchev–Trinajstić information content (AvgIpc) is 2.64. The Labute approximate surface area is 101 Å². The standard InChI is InChI=1S/C13H19N3O/c1-10(6-5-9-17)14-13-15-11-7-3-4-8-12(11)16(13)2/h3-4,7-8,10,17H,5-6,9H2,1-2H3,(H,14,15). The van der Waals surface area contributed by atoms with Crippen LogP contribution >= 0.6 is 0 Å². The summed E-state index contributed by atoms with van der Waals surface area (Å²) in [7, 11) is 2.01. The summed E-state index contributed by atoms with van der Waals surface area (Å²) in [5.74, 6) is 0.886. The Kier molecular flexibility index (Phi) is 3.64. The zero-order valence-electron chi connectivity index (χ0n) is 10.3. The molecule has 17 heavy (non-hydrogen) atoms. The van der Waals surface area contributed by atoms with Gasteiger partial charge in [-0.05, 0) is 31.9 Å². The largest absolute Gasteiger partial charge is 0.396 e. The molecular formula is C13H19N3O. The molecule has 2 rings (SSSR count). The molecule has 0 spiro atoms. The molecule has 1 aromatic heterocycles. The van der Waals surface area contributed by atoms with Crippen LogP contribution in [0, 0.1) is 0 Å². The van der Waals surface area contributed by atoms with Crippen LogP contribution in [0.3, 0.4) is 0 Å². The number of aliphatic hydroxyl groups is 1. The molecule has 0 fully saturated rings. The molecule has 0 saturated carbocycles. The molecule has 4 heteroatoms. The Morgan fingerprint density at radius 1 is 1.41 bits per heavy atom. The van der Waals surface area contributed by atoms with Crippen LogP contribution in [0.5, 0.6) is 0 Å². The minimum Gasteiger partial charge on any atom is -0.396 e. The first kappa shape index (κ1) is 11.9. The second-order valence-corrected chi connectivity index (χ2v) is 4.39. The highest BCUT2D eigenvalue weighted by Gasteiger charge is 2.09. The van der Waals surface area contributed by atoms with Gasteiger partial charge in [0, 0.05) is 19.7 Å². The zero-order chi connectivity index (χ0) is 12.3. The summed E-state index contributed by atoms with van der Waals surface area (Å²) in [6.45, 7) is 2.35. The van der Waals surface area contributed by atoms with Gasteiger partial charge in [-0.3, -0.25) is 0 Å². The van der Waals surface area contributed by atoms with Crippen LogP contribution < -0.4 is 5.32 Å². The van der Waals surface area contributed by atoms with Gasteiger partial charge >= 0.3 is 0 Å². The van der Waals surface area contributed by atoms with Crippen molar-refractivity contribution in [2.45, 2.75) is 25.8 Å². The molecule has 1 heterocycles. The van der Waals surface area contributed by atoms with Crippen molar-refractivity contribution in [3.63, 3.8) is 0 Å². The number of aromatic nitrogens is 2. The van der Waals surface area contributed by atoms with Gasteiger partial charge in [0.2, 0.25) is 5.95 Å². The number of hydrogen-bond donors (Lipinski definition) is 2. The minimum atomic E-state index is 0.245. The number of benzene rings is 1. The summed E-state index contributed by atoms with van der Waals surface area (Å²) in [5.41, 5.74) is 2.14. The fourth-order valence-corrected chi connectivity index (χ4v) is 1.96. The Morgan fingerprint density at radius 3 is 2.88 bits per heavy atom. The number of hydrogen-bond acceptors (Lipinski definition) is 3. The average molecular weight is 233 g/mol. The van der Waals surface area contributed by atoms with Crippen LogP contribution in [-0.2, 0) is 7.05 Å². The highest BCUT2D eigenvalue weighted by Crippen LogP contribution is 2.18. The van der Waals surface area contributed by atoms with Crippen molar-refractivity contribution in [3.05, 3.63) is 24.3 Å². The molecule has 0 amide bonds. The van der Waals surface area contributed by atoms with Crippen molar-refractivity contribution in [2.24, 2.45) is 7.05 Å². The number of imidazole rings is 1. The van der Waals surface area contributed by atoms with Crippen molar-refractivity contribution in [1.82, 2.24) is 9.55 Å². The smallest absolute Gasteiger partial charge is 0.203 e. The van der Waals surface area contributed by atoms with Crippen molar-refractivity contribution >= 4 is 17.0 Å². The van der Waals surface area contributed by atoms with Crippen molar-refractivity contribution in [3.8, 4) is 0 Å². The molecule has 1 atom stereocenters. The van der Waals surface area contributed by atoms with Crippen LogP contribution in [0.2, 0.25) is 0 Å². The van der Waals surface area contributed by atoms with Gasteiger partial charge in [0.25, 0.3) is 0 Å². The number of nitrogens with zero attached hydrogens (tertiary/aromatic N) is 2. The van der Waals surface area contributed by atoms with Gasteiger partial charge in [0.05, 0.1) is 11.0 Å². The van der Waals surface area contributed by atoms with Gasteiger partial charge in [-0.2, -0.15) is 0 Å². The third-order valence-corrected chi connectivity index (χ3v) is 2.96. The molecule has 1 aromatic carbocycles. The van der Waals surface area contributed by atoms with E-state index < -0.39 is 0 Å². The SMILES string of the molecule is CC(CCCO)Nc1nc2ccccc2n1C. The summed E-state index contributed by atoms with van der Waals surface area (Å²) in [4.78, 5) is 4.55. The van der Waals surface area contributed by atoms with Crippen LogP contribution in [0.25, 0.3) is 11.0 Å². The predicted octanol–water partition coefficient (Wildman–Crippen LogP) is 2.15. The molecule has 2 N–H and O–H groups in total. The molecule has 0 aliphatic rings. The van der Waals surface area contributed by atoms with Crippen LogP contribution in [0.4, 0.5) is 5.95 Å². The first-order valence-electron chi connectivity index (χ1n) is 6.01. The number of anilines is 1. The second-order valence-electron chi connectivity index (χ2n) is 4.39. The van der Waals surface area contributed by atoms with Gasteiger partial charge in [-0.15, -0.1) is 0 Å². The lowest BCUT2D eigenvalue weighted by molar-refractivity contribution is 0.282. The summed E-state index contributed by atoms with van der Waals surface area (Å²) >= 11 is 0. The van der Waals surface area contributed by atoms with Gasteiger partial charge < -0.3 is 15.0 Å². The third kappa shape index (κ3) is 2.58. The second kappa shape index (κ2) is 5.19. The fourth-order valence-electron chi connectivity index (χ4n) is 1.96. The topological polar surface area (TPSA) is 50.1 Å². The lowest BCUT2D eigenvalue weighted by Gasteiger charge is -2.13. The predicted molar refractivity (Wildman–Crippen MR) is 70.1 cm³/mol. The maximum atomic E-state index is 8.80. The summed E-state index contributed by atoms with van der Waals surface area (Å²) < 4.78 is 2.06. The van der Waals surface area contributed by atoms with E-state index in [2.05, 4.69) is 27.9 Å². The molecule has 2 aromatic rings. The van der Waals surface area contributed by atoms with Crippen LogP contribution in [-0.4, -0.2) is 27.3 Å². The number of aryl methyl sites for hydroxylation is 1. The molecule has 1 unspecified atom stereocenters. The van der Waals surface area contributed by atoms with Gasteiger partial charge in [-0.25, -0.2) is 4.98 Å². The molecule has 0 saturated heterocycles. The number of aliphatic hydroxyl groups excluding tert-OH is 1. The van der Waals surface area contributed by atoms with Crippen molar-refractivity contribution in [1.29, 1.82) is 0 Å². The van der Waals surface area contributed by atoms with Gasteiger partial charge in [-0.1, -0.05) is 12.1 Å². The first-order valence-corrected chi connectivity index (χ1v) is 6.01. The summed E-state index contributed by atoms with van der Waals surface area (Å²) in [5, 5.41) is 12.2. The van der Waals surface area contributed by atoms with E-state index in [9.17, 15) is 0 Å². The monoisotopic (exact) mass is 233 g/mol. The molecule has 4 nitrogen and oxygen atoms in total. The lowest BCUT2D eigenvalue weighted by Crippen LogP contribution is -2.18. The van der Waals surface area contributed by atoms with E-state index in [1.165, 1.54) is 0 Å². The number of fused-ring (bicyclic) bond motifs is 1. The van der Waals surface area contributed by atoms with Crippen molar-refractivity contribution < 1.29 is 5.11 Å². The van der Waals surface area contributed by atoms with E-state index in [0.717, 1.165) is 29.8 Å². The zero-order valence-corrected chi connectivity index (χ0v) is 10.3. The number of nitrogens with one attached hydrogen (secondary N) is 1. The molecule has 0 aliphatic carbocycles. The van der Waals surface area contributed by atoms with Crippen LogP contribution in [0.15, 0.2) is 24.3 Å². The highest BCUT2D eigenvalue weighted by atomic mass is 16.2. The molecule has 92 valence electrons. The van der Waals surface area contributed by atoms with Crippen LogP contribution in [0.1, 0.15) is 19.8 Å². The Hall–Kier alpha value is -1.55. The minimum absolute atomic E-state index is 0.245. The molecular weight excluding hydrogens is 214 g/mol. The normalized spacial score (nSPS) is 12.9. The Morgan fingerprint density at radius 2 is 2.18 bits per heavy atom. The van der Waals surface area contributed by atoms with E-state index >= 15 is 0 Å². The van der Waals surface area contributed by atoms with E-state index in [1.54, 1.807) is 0 Å². The fraction of sp³-hybridized carbons (Fsp3) is 0.462. The third-order valence-electron chi connectivity index (χ3n) is 2.96. The lowest BCUT2D eigenvalue weighted by atomic mass is 10.2. The molecule has 0 radical (unpaired) electrons. The Bertz CT molecular complexity index is 492. The van der Waals surface area contributed by atoms with E-state index in [0.29, 0.717) is 6.04 Å². The van der Waals surface area contributed by atoms with E-state index in [4.69, 9.17) is 5.11 Å². The molecule has 0 bridgehead atoms. The summed E-state index contributed by atoms with van der Waals surface area (Å²) in [6, 6.07) is 8.40. The number of para-hydroxylation sites is 2. The quantitative estimate of drug-likeness (QED) is 0.832. The van der Waals surface area contributed by atoms with Gasteiger partial charge in [0.1, 0.15) is 0 Å². The first-order chi connectivity index (χ1) is 8.22. The maximum absolute atomic E-state index is 8.80. The highest BCUT2D eigenvalue weighted by molar-refractivity contribution is 5.78. The Balaban J connectivity index is 2.16. The summed E-state index contributed by atoms with van der Waals surface area (Å²) in [6.07, 6.45) is 1.76. The van der Waals surface area contributed by atoms with E-state index in [1.807, 2.05) is 25.2 Å². The number of rotatable bonds is 5. The van der Waals surface area contributed by atoms with Crippen molar-refractivity contribution in [2.75, 3.05) is 11.9 Å². The van der Waals surface area contributed by atoms with E-state index in [-0.39, 0.29) is 6.61 Å². The van der Waals surface area contributed by atoms with Gasteiger partial charge in [0.15, 0.2) is 0 Å². The maximum Gasteiger partial charge on any atom is 0.203 e. The molecule has 0 aliphatic heterocycles.